The van der Waals surface area contributed by atoms with Crippen molar-refractivity contribution in [1.29, 1.82) is 0 Å². The molecular weight excluding hydrogens is 404 g/mol. The molecule has 0 aromatic rings. The van der Waals surface area contributed by atoms with Crippen LogP contribution in [0.25, 0.3) is 0 Å². The molecule has 0 rings (SSSR count). The van der Waals surface area contributed by atoms with E-state index < -0.39 is 17.9 Å². The van der Waals surface area contributed by atoms with Crippen molar-refractivity contribution < 1.29 is 22.3 Å². The van der Waals surface area contributed by atoms with Gasteiger partial charge < -0.3 is 4.74 Å². The van der Waals surface area contributed by atoms with Crippen molar-refractivity contribution in [2.75, 3.05) is 0 Å². The molecular formula is C26H38F4O. The molecule has 0 aromatic carbocycles. The lowest BCUT2D eigenvalue weighted by Crippen LogP contribution is -2.12. The predicted molar refractivity (Wildman–Crippen MR) is 123 cm³/mol. The first-order chi connectivity index (χ1) is 14.1. The number of ether oxygens (including phenoxy) is 1. The van der Waals surface area contributed by atoms with Crippen LogP contribution in [0.15, 0.2) is 72.8 Å². The Balaban J connectivity index is 4.67. The van der Waals surface area contributed by atoms with Gasteiger partial charge >= 0.3 is 6.36 Å². The van der Waals surface area contributed by atoms with Crippen LogP contribution in [0.1, 0.15) is 60.3 Å². The minimum atomic E-state index is -5.00. The molecule has 0 radical (unpaired) electrons. The first kappa shape index (κ1) is 29.0. The second kappa shape index (κ2) is 13.4. The average Bonchev–Trinajstić information content (AvgIpc) is 2.65. The molecule has 0 N–H and O–H groups in total. The van der Waals surface area contributed by atoms with Crippen LogP contribution in [0, 0.1) is 23.7 Å². The summed E-state index contributed by atoms with van der Waals surface area (Å²) < 4.78 is 53.7. The van der Waals surface area contributed by atoms with E-state index in [2.05, 4.69) is 65.7 Å². The summed E-state index contributed by atoms with van der Waals surface area (Å²) >= 11 is 0. The summed E-state index contributed by atoms with van der Waals surface area (Å²) in [6, 6.07) is 0. The molecule has 0 spiro atoms. The van der Waals surface area contributed by atoms with Crippen LogP contribution < -0.4 is 0 Å². The highest BCUT2D eigenvalue weighted by Gasteiger charge is 2.32. The van der Waals surface area contributed by atoms with Gasteiger partial charge in [0.2, 0.25) is 0 Å². The maximum Gasteiger partial charge on any atom is 0.573 e. The molecule has 0 aliphatic rings. The Morgan fingerprint density at radius 1 is 0.806 bits per heavy atom. The van der Waals surface area contributed by atoms with E-state index in [0.717, 1.165) is 30.4 Å². The molecule has 3 unspecified atom stereocenters. The second-order valence-corrected chi connectivity index (χ2v) is 8.83. The van der Waals surface area contributed by atoms with Gasteiger partial charge in [-0.25, -0.2) is 4.39 Å². The number of hydrogen-bond acceptors (Lipinski definition) is 1. The first-order valence-electron chi connectivity index (χ1n) is 10.7. The summed E-state index contributed by atoms with van der Waals surface area (Å²) in [5.41, 5.74) is 1.39. The highest BCUT2D eigenvalue weighted by atomic mass is 19.4. The molecule has 0 aliphatic heterocycles. The third kappa shape index (κ3) is 13.1. The zero-order chi connectivity index (χ0) is 24.4. The Bertz CT molecular complexity index is 695. The normalized spacial score (nSPS) is 15.6. The van der Waals surface area contributed by atoms with Crippen molar-refractivity contribution in [3.05, 3.63) is 72.8 Å². The van der Waals surface area contributed by atoms with Gasteiger partial charge in [0.25, 0.3) is 0 Å². The summed E-state index contributed by atoms with van der Waals surface area (Å²) in [5, 5.41) is 0. The minimum Gasteiger partial charge on any atom is -0.403 e. The van der Waals surface area contributed by atoms with E-state index in [9.17, 15) is 17.6 Å². The van der Waals surface area contributed by atoms with Gasteiger partial charge in [0.05, 0.1) is 0 Å². The number of allylic oxidation sites excluding steroid dienone is 7. The van der Waals surface area contributed by atoms with Crippen LogP contribution in [0.4, 0.5) is 17.6 Å². The standard InChI is InChI=1S/C26H38F4O/c1-17(2)10-11-18(3)19(4)12-13-20(5)21(6)14-15-22(7)23(8)16-25(27)24(9)31-26(28,29)30/h14-20H,6-13H2,1-5H3/b15-14-,25-16+. The molecule has 176 valence electrons. The number of alkyl halides is 3. The third-order valence-electron chi connectivity index (χ3n) is 5.58. The molecule has 0 aliphatic carbocycles. The Morgan fingerprint density at radius 3 is 1.81 bits per heavy atom. The minimum absolute atomic E-state index is 0.119. The Labute approximate surface area is 186 Å². The highest BCUT2D eigenvalue weighted by Crippen LogP contribution is 2.28. The van der Waals surface area contributed by atoms with Crippen LogP contribution in [0.3, 0.4) is 0 Å². The molecule has 0 heterocycles. The molecule has 0 fully saturated rings. The van der Waals surface area contributed by atoms with Gasteiger partial charge in [-0.15, -0.1) is 13.2 Å². The lowest BCUT2D eigenvalue weighted by Gasteiger charge is -2.22. The van der Waals surface area contributed by atoms with Crippen LogP contribution in [-0.4, -0.2) is 6.36 Å². The predicted octanol–water partition coefficient (Wildman–Crippen LogP) is 9.24. The molecule has 31 heavy (non-hydrogen) atoms. The molecule has 3 atom stereocenters. The van der Waals surface area contributed by atoms with Crippen molar-refractivity contribution in [3.63, 3.8) is 0 Å². The second-order valence-electron chi connectivity index (χ2n) is 8.83. The lowest BCUT2D eigenvalue weighted by molar-refractivity contribution is -0.304. The van der Waals surface area contributed by atoms with Gasteiger partial charge in [-0.1, -0.05) is 91.5 Å². The van der Waals surface area contributed by atoms with E-state index in [1.54, 1.807) is 12.2 Å². The molecule has 0 bridgehead atoms. The summed E-state index contributed by atoms with van der Waals surface area (Å²) in [7, 11) is 0. The summed E-state index contributed by atoms with van der Waals surface area (Å²) in [6.45, 7) is 25.6. The van der Waals surface area contributed by atoms with Gasteiger partial charge in [0.15, 0.2) is 11.6 Å². The molecule has 1 nitrogen and oxygen atoms in total. The van der Waals surface area contributed by atoms with Gasteiger partial charge in [0, 0.05) is 0 Å². The Hall–Kier alpha value is -2.04. The van der Waals surface area contributed by atoms with Gasteiger partial charge in [0.1, 0.15) is 0 Å². The van der Waals surface area contributed by atoms with E-state index in [0.29, 0.717) is 17.4 Å². The van der Waals surface area contributed by atoms with E-state index in [1.165, 1.54) is 12.8 Å². The molecule has 0 amide bonds. The molecule has 0 saturated carbocycles. The van der Waals surface area contributed by atoms with Crippen LogP contribution in [0.2, 0.25) is 0 Å². The number of halogens is 4. The molecule has 0 saturated heterocycles. The van der Waals surface area contributed by atoms with Crippen molar-refractivity contribution in [2.45, 2.75) is 66.7 Å². The first-order valence-corrected chi connectivity index (χ1v) is 10.7. The fourth-order valence-electron chi connectivity index (χ4n) is 2.86. The average molecular weight is 443 g/mol. The Morgan fingerprint density at radius 2 is 1.32 bits per heavy atom. The van der Waals surface area contributed by atoms with Crippen molar-refractivity contribution in [3.8, 4) is 0 Å². The summed E-state index contributed by atoms with van der Waals surface area (Å²) in [5.74, 6) is -0.0823. The smallest absolute Gasteiger partial charge is 0.403 e. The van der Waals surface area contributed by atoms with Crippen LogP contribution >= 0.6 is 0 Å². The topological polar surface area (TPSA) is 9.23 Å². The largest absolute Gasteiger partial charge is 0.573 e. The number of rotatable bonds is 14. The van der Waals surface area contributed by atoms with Crippen LogP contribution in [0.5, 0.6) is 0 Å². The SMILES string of the molecule is C=C(/C=C\C(=C)C(C)CCC(C)C(C)CCC(C)C)C(=C)/C=C(/F)C(=C)OC(F)(F)F. The zero-order valence-corrected chi connectivity index (χ0v) is 19.6. The van der Waals surface area contributed by atoms with E-state index in [4.69, 9.17) is 0 Å². The monoisotopic (exact) mass is 442 g/mol. The van der Waals surface area contributed by atoms with Crippen molar-refractivity contribution in [1.82, 2.24) is 0 Å². The fourth-order valence-corrected chi connectivity index (χ4v) is 2.86. The highest BCUT2D eigenvalue weighted by molar-refractivity contribution is 5.46. The molecule has 0 aromatic heterocycles. The van der Waals surface area contributed by atoms with Gasteiger partial charge in [-0.05, 0) is 53.7 Å². The summed E-state index contributed by atoms with van der Waals surface area (Å²) in [6.07, 6.45) is 3.83. The lowest BCUT2D eigenvalue weighted by atomic mass is 9.83. The van der Waals surface area contributed by atoms with Gasteiger partial charge in [-0.2, -0.15) is 0 Å². The molecule has 5 heteroatoms. The zero-order valence-electron chi connectivity index (χ0n) is 19.6. The quantitative estimate of drug-likeness (QED) is 0.148. The van der Waals surface area contributed by atoms with E-state index >= 15 is 0 Å². The Kier molecular flexibility index (Phi) is 12.5. The maximum atomic E-state index is 13.8. The maximum absolute atomic E-state index is 13.8. The fraction of sp³-hybridized carbons (Fsp3) is 0.538. The van der Waals surface area contributed by atoms with Crippen molar-refractivity contribution >= 4 is 0 Å². The van der Waals surface area contributed by atoms with Gasteiger partial charge in [-0.3, -0.25) is 0 Å². The van der Waals surface area contributed by atoms with Crippen molar-refractivity contribution in [2.24, 2.45) is 23.7 Å². The summed E-state index contributed by atoms with van der Waals surface area (Å²) in [4.78, 5) is 0. The third-order valence-corrected chi connectivity index (χ3v) is 5.58. The van der Waals surface area contributed by atoms with E-state index in [1.807, 2.05) is 0 Å². The van der Waals surface area contributed by atoms with E-state index in [-0.39, 0.29) is 11.5 Å². The van der Waals surface area contributed by atoms with Crippen LogP contribution in [-0.2, 0) is 4.74 Å². The number of hydrogen-bond donors (Lipinski definition) is 0.